The van der Waals surface area contributed by atoms with Crippen LogP contribution in [0.2, 0.25) is 0 Å². The lowest BCUT2D eigenvalue weighted by atomic mass is 9.67. The Morgan fingerprint density at radius 3 is 2.80 bits per heavy atom. The van der Waals surface area contributed by atoms with Crippen LogP contribution in [-0.2, 0) is 9.59 Å². The fourth-order valence-corrected chi connectivity index (χ4v) is 3.20. The van der Waals surface area contributed by atoms with Crippen LogP contribution < -0.4 is 0 Å². The van der Waals surface area contributed by atoms with Gasteiger partial charge in [0.15, 0.2) is 0 Å². The van der Waals surface area contributed by atoms with Gasteiger partial charge in [0.2, 0.25) is 0 Å². The van der Waals surface area contributed by atoms with Gasteiger partial charge in [0.1, 0.15) is 12.1 Å². The monoisotopic (exact) mass is 278 g/mol. The highest BCUT2D eigenvalue weighted by molar-refractivity contribution is 5.89. The fourth-order valence-electron chi connectivity index (χ4n) is 3.20. The Morgan fingerprint density at radius 1 is 1.50 bits per heavy atom. The molecular weight excluding hydrogens is 252 g/mol. The minimum Gasteiger partial charge on any atom is -0.303 e. The lowest BCUT2D eigenvalue weighted by molar-refractivity contribution is -0.125. The van der Waals surface area contributed by atoms with Crippen molar-refractivity contribution in [2.24, 2.45) is 11.3 Å². The largest absolute Gasteiger partial charge is 0.303 e. The number of hydrogen-bond acceptors (Lipinski definition) is 2. The molecule has 0 radical (unpaired) electrons. The molecule has 0 amide bonds. The van der Waals surface area contributed by atoms with Gasteiger partial charge >= 0.3 is 0 Å². The molecule has 0 saturated heterocycles. The molecule has 1 rings (SSSR count). The first-order valence-electron chi connectivity index (χ1n) is 7.40. The van der Waals surface area contributed by atoms with Crippen molar-refractivity contribution in [2.45, 2.75) is 59.3 Å². The first-order valence-corrected chi connectivity index (χ1v) is 7.40. The number of aldehydes is 2. The predicted molar refractivity (Wildman–Crippen MR) is 81.0 cm³/mol. The summed E-state index contributed by atoms with van der Waals surface area (Å²) in [4.78, 5) is 31.7. The highest BCUT2D eigenvalue weighted by Gasteiger charge is 2.40. The molecule has 0 bridgehead atoms. The molecule has 1 fully saturated rings. The van der Waals surface area contributed by atoms with E-state index in [4.69, 9.17) is 4.79 Å². The van der Waals surface area contributed by atoms with Gasteiger partial charge in [-0.15, -0.1) is 0 Å². The van der Waals surface area contributed by atoms with Crippen molar-refractivity contribution in [1.29, 1.82) is 0 Å². The van der Waals surface area contributed by atoms with E-state index in [9.17, 15) is 9.59 Å². The van der Waals surface area contributed by atoms with Crippen LogP contribution in [0.15, 0.2) is 11.6 Å². The zero-order valence-corrected chi connectivity index (χ0v) is 12.8. The van der Waals surface area contributed by atoms with E-state index in [-0.39, 0.29) is 5.41 Å². The Kier molecular flexibility index (Phi) is 6.31. The average Bonchev–Trinajstić information content (AvgIpc) is 2.73. The zero-order chi connectivity index (χ0) is 15.2. The SMILES string of the molecule is C/C(C=O)=C\CC[C@H]1CCC(=O)[C@]1(C)[C-](C)CCC=[OH+]. The minimum atomic E-state index is -0.355. The molecule has 0 aromatic carbocycles. The molecule has 0 aliphatic heterocycles. The Labute approximate surface area is 121 Å². The summed E-state index contributed by atoms with van der Waals surface area (Å²) in [6.07, 6.45) is 8.72. The molecule has 0 heterocycles. The maximum Gasteiger partial charge on any atom is 0.279 e. The highest BCUT2D eigenvalue weighted by Crippen LogP contribution is 2.50. The lowest BCUT2D eigenvalue weighted by Crippen LogP contribution is -2.34. The van der Waals surface area contributed by atoms with Crippen molar-refractivity contribution < 1.29 is 14.4 Å². The van der Waals surface area contributed by atoms with E-state index < -0.39 is 0 Å². The summed E-state index contributed by atoms with van der Waals surface area (Å²) in [6, 6.07) is 0. The molecule has 2 atom stereocenters. The van der Waals surface area contributed by atoms with Gasteiger partial charge in [0.25, 0.3) is 6.29 Å². The van der Waals surface area contributed by atoms with Crippen molar-refractivity contribution in [3.63, 3.8) is 0 Å². The summed E-state index contributed by atoms with van der Waals surface area (Å²) in [7, 11) is 0. The summed E-state index contributed by atoms with van der Waals surface area (Å²) in [5.41, 5.74) is 0.401. The maximum atomic E-state index is 12.3. The summed E-state index contributed by atoms with van der Waals surface area (Å²) < 4.78 is 0. The van der Waals surface area contributed by atoms with Crippen molar-refractivity contribution in [3.8, 4) is 0 Å². The topological polar surface area (TPSA) is 55.5 Å². The number of carbonyl (C=O) groups excluding carboxylic acids is 3. The van der Waals surface area contributed by atoms with Gasteiger partial charge in [-0.2, -0.15) is 13.3 Å². The van der Waals surface area contributed by atoms with E-state index >= 15 is 0 Å². The van der Waals surface area contributed by atoms with Crippen molar-refractivity contribution in [1.82, 2.24) is 0 Å². The molecule has 0 aromatic rings. The smallest absolute Gasteiger partial charge is 0.279 e. The number of carbonyl (C=O) groups is 2. The second kappa shape index (κ2) is 7.51. The second-order valence-corrected chi connectivity index (χ2v) is 6.01. The third-order valence-electron chi connectivity index (χ3n) is 4.82. The summed E-state index contributed by atoms with van der Waals surface area (Å²) in [6.45, 7) is 5.89. The van der Waals surface area contributed by atoms with Crippen LogP contribution in [0, 0.1) is 17.3 Å². The zero-order valence-electron chi connectivity index (χ0n) is 12.8. The predicted octanol–water partition coefficient (Wildman–Crippen LogP) is 3.45. The Hall–Kier alpha value is -1.25. The van der Waals surface area contributed by atoms with Crippen LogP contribution in [0.25, 0.3) is 0 Å². The minimum absolute atomic E-state index is 0.328. The highest BCUT2D eigenvalue weighted by atomic mass is 16.1. The summed E-state index contributed by atoms with van der Waals surface area (Å²) in [5, 5.41) is 0. The molecule has 1 N–H and O–H groups in total. The quantitative estimate of drug-likeness (QED) is 0.295. The summed E-state index contributed by atoms with van der Waals surface area (Å²) >= 11 is 0. The van der Waals surface area contributed by atoms with Gasteiger partial charge in [-0.05, 0) is 31.8 Å². The molecule has 0 spiro atoms. The van der Waals surface area contributed by atoms with E-state index in [0.717, 1.165) is 43.8 Å². The van der Waals surface area contributed by atoms with Gasteiger partial charge in [0, 0.05) is 12.8 Å². The lowest BCUT2D eigenvalue weighted by Gasteiger charge is -2.47. The number of ketones is 1. The van der Waals surface area contributed by atoms with Gasteiger partial charge in [-0.25, -0.2) is 0 Å². The van der Waals surface area contributed by atoms with Crippen molar-refractivity contribution >= 4 is 18.4 Å². The number of Topliss-reactive ketones (excluding diaryl/α,β-unsaturated/α-hetero) is 1. The van der Waals surface area contributed by atoms with Gasteiger partial charge < -0.3 is 10.7 Å². The molecule has 3 nitrogen and oxygen atoms in total. The number of rotatable bonds is 8. The first-order chi connectivity index (χ1) is 9.46. The Morgan fingerprint density at radius 2 is 2.20 bits per heavy atom. The van der Waals surface area contributed by atoms with Crippen LogP contribution in [0.3, 0.4) is 0 Å². The molecule has 20 heavy (non-hydrogen) atoms. The molecule has 3 heteroatoms. The second-order valence-electron chi connectivity index (χ2n) is 6.01. The third kappa shape index (κ3) is 3.65. The average molecular weight is 278 g/mol. The van der Waals surface area contributed by atoms with E-state index in [1.165, 1.54) is 5.92 Å². The van der Waals surface area contributed by atoms with Crippen LogP contribution in [0.1, 0.15) is 59.3 Å². The van der Waals surface area contributed by atoms with Crippen LogP contribution in [0.5, 0.6) is 0 Å². The molecule has 1 aliphatic carbocycles. The molecule has 1 saturated carbocycles. The maximum absolute atomic E-state index is 12.3. The third-order valence-corrected chi connectivity index (χ3v) is 4.82. The van der Waals surface area contributed by atoms with Crippen molar-refractivity contribution in [3.05, 3.63) is 17.6 Å². The standard InChI is InChI=1S/C17H25O3/c1-13(12-19)6-4-8-15-9-10-16(20)17(15,3)14(2)7-5-11-18/h6,11-12,15H,4-5,7-10H2,1-3H3/q-1/p+1/b13-6+/t15-,17+/m0/s1. The molecule has 0 aromatic heterocycles. The fraction of sp³-hybridized carbons (Fsp3) is 0.647. The number of hydrogen-bond donors (Lipinski definition) is 0. The molecule has 1 aliphatic rings. The van der Waals surface area contributed by atoms with Gasteiger partial charge in [0.05, 0.1) is 0 Å². The van der Waals surface area contributed by atoms with E-state index in [2.05, 4.69) is 6.92 Å². The van der Waals surface area contributed by atoms with E-state index in [1.807, 2.05) is 13.0 Å². The molecule has 112 valence electrons. The van der Waals surface area contributed by atoms with Crippen LogP contribution in [-0.4, -0.2) is 23.2 Å². The Bertz CT molecular complexity index is 397. The van der Waals surface area contributed by atoms with Crippen LogP contribution >= 0.6 is 0 Å². The van der Waals surface area contributed by atoms with Crippen LogP contribution in [0.4, 0.5) is 0 Å². The van der Waals surface area contributed by atoms with E-state index in [1.54, 1.807) is 6.92 Å². The number of allylic oxidation sites excluding steroid dienone is 2. The van der Waals surface area contributed by atoms with Gasteiger partial charge in [-0.3, -0.25) is 9.59 Å². The van der Waals surface area contributed by atoms with E-state index in [0.29, 0.717) is 24.5 Å². The van der Waals surface area contributed by atoms with Gasteiger partial charge in [-0.1, -0.05) is 24.3 Å². The molecule has 0 unspecified atom stereocenters. The Balaban J connectivity index is 2.71. The molecular formula is C17H26O3. The van der Waals surface area contributed by atoms with Crippen molar-refractivity contribution in [2.75, 3.05) is 0 Å². The normalized spacial score (nSPS) is 27.1. The summed E-state index contributed by atoms with van der Waals surface area (Å²) in [5.74, 6) is 1.85. The first kappa shape index (κ1) is 16.8.